The Morgan fingerprint density at radius 2 is 1.54 bits per heavy atom. The summed E-state index contributed by atoms with van der Waals surface area (Å²) in [5.74, 6) is 1.54. The molecule has 0 atom stereocenters. The Hall–Kier alpha value is -2.00. The molecule has 0 saturated carbocycles. The molecule has 0 aliphatic heterocycles. The van der Waals surface area contributed by atoms with Crippen LogP contribution in [-0.2, 0) is 13.2 Å². The summed E-state index contributed by atoms with van der Waals surface area (Å²) in [7, 11) is 1.69. The van der Waals surface area contributed by atoms with Gasteiger partial charge in [0.15, 0.2) is 11.5 Å². The van der Waals surface area contributed by atoms with Crippen LogP contribution in [-0.4, -0.2) is 12.6 Å². The molecule has 0 heterocycles. The number of ether oxygens (including phenoxy) is 2. The molecule has 2 aromatic rings. The minimum absolute atomic E-state index is 0.0773. The molecule has 0 amide bonds. The van der Waals surface area contributed by atoms with Crippen molar-refractivity contribution < 1.29 is 9.47 Å². The van der Waals surface area contributed by atoms with Crippen molar-refractivity contribution in [3.63, 3.8) is 0 Å². The second-order valence-corrected chi connectivity index (χ2v) is 8.73. The SMILES string of the molecule is COc1cc(CNC(C)(C)CC(C)(C)C)ccc1OCc1ccccc1. The zero-order valence-electron chi connectivity index (χ0n) is 17.1. The van der Waals surface area contributed by atoms with E-state index in [9.17, 15) is 0 Å². The van der Waals surface area contributed by atoms with Gasteiger partial charge in [-0.3, -0.25) is 0 Å². The smallest absolute Gasteiger partial charge is 0.161 e. The van der Waals surface area contributed by atoms with Gasteiger partial charge in [0.25, 0.3) is 0 Å². The molecular formula is C23H33NO2. The van der Waals surface area contributed by atoms with Gasteiger partial charge in [-0.05, 0) is 48.9 Å². The number of benzene rings is 2. The minimum atomic E-state index is 0.0773. The number of nitrogens with one attached hydrogen (secondary N) is 1. The van der Waals surface area contributed by atoms with E-state index in [-0.39, 0.29) is 5.54 Å². The van der Waals surface area contributed by atoms with E-state index in [1.165, 1.54) is 5.56 Å². The molecule has 3 heteroatoms. The van der Waals surface area contributed by atoms with Crippen molar-refractivity contribution in [2.75, 3.05) is 7.11 Å². The average Bonchev–Trinajstić information content (AvgIpc) is 2.57. The Morgan fingerprint density at radius 1 is 0.846 bits per heavy atom. The summed E-state index contributed by atoms with van der Waals surface area (Å²) in [5, 5.41) is 3.66. The fraction of sp³-hybridized carbons (Fsp3) is 0.478. The minimum Gasteiger partial charge on any atom is -0.493 e. The van der Waals surface area contributed by atoms with Gasteiger partial charge in [-0.15, -0.1) is 0 Å². The van der Waals surface area contributed by atoms with Crippen LogP contribution in [0.5, 0.6) is 11.5 Å². The number of methoxy groups -OCH3 is 1. The van der Waals surface area contributed by atoms with Crippen molar-refractivity contribution in [3.8, 4) is 11.5 Å². The number of hydrogen-bond acceptors (Lipinski definition) is 3. The molecule has 0 unspecified atom stereocenters. The molecule has 0 aliphatic rings. The van der Waals surface area contributed by atoms with E-state index in [2.05, 4.69) is 64.2 Å². The largest absolute Gasteiger partial charge is 0.493 e. The molecule has 3 nitrogen and oxygen atoms in total. The first-order chi connectivity index (χ1) is 12.2. The lowest BCUT2D eigenvalue weighted by Crippen LogP contribution is -2.41. The van der Waals surface area contributed by atoms with Gasteiger partial charge in [-0.2, -0.15) is 0 Å². The van der Waals surface area contributed by atoms with Crippen LogP contribution in [0, 0.1) is 5.41 Å². The summed E-state index contributed by atoms with van der Waals surface area (Å²) < 4.78 is 11.5. The van der Waals surface area contributed by atoms with Crippen LogP contribution < -0.4 is 14.8 Å². The number of hydrogen-bond donors (Lipinski definition) is 1. The molecule has 0 radical (unpaired) electrons. The molecular weight excluding hydrogens is 322 g/mol. The van der Waals surface area contributed by atoms with E-state index in [1.54, 1.807) is 7.11 Å². The highest BCUT2D eigenvalue weighted by Crippen LogP contribution is 2.30. The lowest BCUT2D eigenvalue weighted by atomic mass is 9.82. The second-order valence-electron chi connectivity index (χ2n) is 8.73. The third-order valence-corrected chi connectivity index (χ3v) is 4.21. The molecule has 142 valence electrons. The first-order valence-corrected chi connectivity index (χ1v) is 9.27. The maximum Gasteiger partial charge on any atom is 0.161 e. The highest BCUT2D eigenvalue weighted by atomic mass is 16.5. The first-order valence-electron chi connectivity index (χ1n) is 9.27. The Morgan fingerprint density at radius 3 is 2.15 bits per heavy atom. The average molecular weight is 356 g/mol. The molecule has 1 N–H and O–H groups in total. The van der Waals surface area contributed by atoms with E-state index in [0.717, 1.165) is 30.0 Å². The standard InChI is InChI=1S/C23H33NO2/c1-22(2,3)17-23(4,5)24-15-19-12-13-20(21(14-19)25-6)26-16-18-10-8-7-9-11-18/h7-14,24H,15-17H2,1-6H3. The van der Waals surface area contributed by atoms with Gasteiger partial charge in [0.1, 0.15) is 6.61 Å². The molecule has 0 aliphatic carbocycles. The molecule has 2 rings (SSSR count). The summed E-state index contributed by atoms with van der Waals surface area (Å²) >= 11 is 0. The number of rotatable bonds is 8. The Labute approximate surface area is 158 Å². The maximum absolute atomic E-state index is 5.93. The fourth-order valence-electron chi connectivity index (χ4n) is 3.41. The van der Waals surface area contributed by atoms with Gasteiger partial charge in [0.2, 0.25) is 0 Å². The fourth-order valence-corrected chi connectivity index (χ4v) is 3.41. The molecule has 0 bridgehead atoms. The van der Waals surface area contributed by atoms with Crippen LogP contribution in [0.25, 0.3) is 0 Å². The zero-order valence-corrected chi connectivity index (χ0v) is 17.1. The quantitative estimate of drug-likeness (QED) is 0.670. The zero-order chi connectivity index (χ0) is 19.2. The lowest BCUT2D eigenvalue weighted by Gasteiger charge is -2.33. The summed E-state index contributed by atoms with van der Waals surface area (Å²) in [6.45, 7) is 12.7. The van der Waals surface area contributed by atoms with Crippen LogP contribution in [0.1, 0.15) is 52.2 Å². The van der Waals surface area contributed by atoms with Gasteiger partial charge in [0.05, 0.1) is 7.11 Å². The van der Waals surface area contributed by atoms with Crippen molar-refractivity contribution in [2.24, 2.45) is 5.41 Å². The second kappa shape index (κ2) is 8.59. The highest BCUT2D eigenvalue weighted by Gasteiger charge is 2.24. The van der Waals surface area contributed by atoms with Crippen molar-refractivity contribution in [1.29, 1.82) is 0 Å². The first kappa shape index (κ1) is 20.3. The van der Waals surface area contributed by atoms with E-state index >= 15 is 0 Å². The molecule has 0 aromatic heterocycles. The topological polar surface area (TPSA) is 30.5 Å². The predicted molar refractivity (Wildman–Crippen MR) is 109 cm³/mol. The van der Waals surface area contributed by atoms with Gasteiger partial charge < -0.3 is 14.8 Å². The van der Waals surface area contributed by atoms with Gasteiger partial charge in [0, 0.05) is 12.1 Å². The summed E-state index contributed by atoms with van der Waals surface area (Å²) in [5.41, 5.74) is 2.71. The third kappa shape index (κ3) is 6.72. The highest BCUT2D eigenvalue weighted by molar-refractivity contribution is 5.43. The van der Waals surface area contributed by atoms with Crippen molar-refractivity contribution in [1.82, 2.24) is 5.32 Å². The van der Waals surface area contributed by atoms with Crippen LogP contribution in [0.2, 0.25) is 0 Å². The van der Waals surface area contributed by atoms with Crippen molar-refractivity contribution >= 4 is 0 Å². The summed E-state index contributed by atoms with van der Waals surface area (Å²) in [6.07, 6.45) is 1.11. The normalized spacial score (nSPS) is 12.1. The van der Waals surface area contributed by atoms with E-state index in [4.69, 9.17) is 9.47 Å². The van der Waals surface area contributed by atoms with E-state index in [0.29, 0.717) is 12.0 Å². The summed E-state index contributed by atoms with van der Waals surface area (Å²) in [6, 6.07) is 16.3. The Bertz CT molecular complexity index is 687. The van der Waals surface area contributed by atoms with E-state index in [1.807, 2.05) is 24.3 Å². The van der Waals surface area contributed by atoms with Crippen molar-refractivity contribution in [2.45, 2.75) is 59.7 Å². The Balaban J connectivity index is 1.99. The molecule has 26 heavy (non-hydrogen) atoms. The predicted octanol–water partition coefficient (Wildman–Crippen LogP) is 5.58. The lowest BCUT2D eigenvalue weighted by molar-refractivity contribution is 0.240. The van der Waals surface area contributed by atoms with Crippen molar-refractivity contribution in [3.05, 3.63) is 59.7 Å². The Kier molecular flexibility index (Phi) is 6.71. The van der Waals surface area contributed by atoms with Crippen LogP contribution in [0.15, 0.2) is 48.5 Å². The molecule has 0 spiro atoms. The van der Waals surface area contributed by atoms with Crippen LogP contribution >= 0.6 is 0 Å². The molecule has 0 fully saturated rings. The summed E-state index contributed by atoms with van der Waals surface area (Å²) in [4.78, 5) is 0. The molecule has 0 saturated heterocycles. The van der Waals surface area contributed by atoms with Crippen LogP contribution in [0.4, 0.5) is 0 Å². The third-order valence-electron chi connectivity index (χ3n) is 4.21. The monoisotopic (exact) mass is 355 g/mol. The van der Waals surface area contributed by atoms with Crippen LogP contribution in [0.3, 0.4) is 0 Å². The molecule has 2 aromatic carbocycles. The van der Waals surface area contributed by atoms with Gasteiger partial charge >= 0.3 is 0 Å². The van der Waals surface area contributed by atoms with Gasteiger partial charge in [-0.25, -0.2) is 0 Å². The van der Waals surface area contributed by atoms with E-state index < -0.39 is 0 Å². The maximum atomic E-state index is 5.93. The van der Waals surface area contributed by atoms with Gasteiger partial charge in [-0.1, -0.05) is 57.2 Å².